The predicted octanol–water partition coefficient (Wildman–Crippen LogP) is 2.28. The molecule has 0 aliphatic carbocycles. The first-order valence-corrected chi connectivity index (χ1v) is 3.98. The van der Waals surface area contributed by atoms with Gasteiger partial charge < -0.3 is 5.32 Å². The van der Waals surface area contributed by atoms with Crippen LogP contribution < -0.4 is 5.32 Å². The van der Waals surface area contributed by atoms with Gasteiger partial charge >= 0.3 is 0 Å². The molecule has 0 aliphatic rings. The largest absolute Gasteiger partial charge is 0.383 e. The lowest BCUT2D eigenvalue weighted by atomic mass is 10.4. The molecule has 3 heteroatoms. The summed E-state index contributed by atoms with van der Waals surface area (Å²) in [5.41, 5.74) is 1.05. The van der Waals surface area contributed by atoms with Crippen molar-refractivity contribution in [2.75, 3.05) is 11.9 Å². The molecule has 2 nitrogen and oxygen atoms in total. The average molecular weight is 201 g/mol. The fourth-order valence-electron chi connectivity index (χ4n) is 0.708. The minimum atomic E-state index is 0.872. The second-order valence-electron chi connectivity index (χ2n) is 1.87. The second-order valence-corrected chi connectivity index (χ2v) is 2.62. The topological polar surface area (TPSA) is 24.9 Å². The van der Waals surface area contributed by atoms with E-state index in [1.165, 1.54) is 0 Å². The fourth-order valence-corrected chi connectivity index (χ4v) is 1.10. The summed E-state index contributed by atoms with van der Waals surface area (Å²) in [6, 6.07) is 3.89. The molecule has 1 N–H and O–H groups in total. The van der Waals surface area contributed by atoms with Crippen LogP contribution in [0.25, 0.3) is 0 Å². The van der Waals surface area contributed by atoms with Gasteiger partial charge in [0.15, 0.2) is 0 Å². The van der Waals surface area contributed by atoms with Crippen molar-refractivity contribution in [1.82, 2.24) is 4.98 Å². The van der Waals surface area contributed by atoms with Gasteiger partial charge in [-0.2, -0.15) is 0 Å². The van der Waals surface area contributed by atoms with Crippen LogP contribution in [0.2, 0.25) is 0 Å². The van der Waals surface area contributed by atoms with Crippen molar-refractivity contribution < 1.29 is 0 Å². The highest BCUT2D eigenvalue weighted by atomic mass is 79.9. The van der Waals surface area contributed by atoms with Gasteiger partial charge in [0.2, 0.25) is 0 Å². The molecule has 0 atom stereocenters. The molecular formula is C7H9BrN2. The lowest BCUT2D eigenvalue weighted by Gasteiger charge is -2.02. The smallest absolute Gasteiger partial charge is 0.129 e. The number of anilines is 1. The number of hydrogen-bond acceptors (Lipinski definition) is 2. The zero-order chi connectivity index (χ0) is 7.40. The van der Waals surface area contributed by atoms with Crippen molar-refractivity contribution in [1.29, 1.82) is 0 Å². The van der Waals surface area contributed by atoms with Crippen LogP contribution in [-0.4, -0.2) is 11.5 Å². The predicted molar refractivity (Wildman–Crippen MR) is 46.1 cm³/mol. The summed E-state index contributed by atoms with van der Waals surface area (Å²) in [6.07, 6.45) is 1.75. The van der Waals surface area contributed by atoms with E-state index in [-0.39, 0.29) is 0 Å². The molecule has 0 aromatic carbocycles. The summed E-state index contributed by atoms with van der Waals surface area (Å²) in [5.74, 6) is 0. The van der Waals surface area contributed by atoms with Gasteiger partial charge in [-0.15, -0.1) is 0 Å². The van der Waals surface area contributed by atoms with Gasteiger partial charge in [0.05, 0.1) is 5.69 Å². The van der Waals surface area contributed by atoms with E-state index < -0.39 is 0 Å². The van der Waals surface area contributed by atoms with Crippen LogP contribution in [0.1, 0.15) is 6.92 Å². The Morgan fingerprint density at radius 2 is 2.50 bits per heavy atom. The van der Waals surface area contributed by atoms with E-state index in [1.807, 2.05) is 12.1 Å². The lowest BCUT2D eigenvalue weighted by molar-refractivity contribution is 1.17. The molecule has 0 saturated heterocycles. The molecular weight excluding hydrogens is 192 g/mol. The van der Waals surface area contributed by atoms with Crippen LogP contribution in [0.4, 0.5) is 5.69 Å². The van der Waals surface area contributed by atoms with Gasteiger partial charge in [0, 0.05) is 12.7 Å². The summed E-state index contributed by atoms with van der Waals surface area (Å²) in [6.45, 7) is 2.98. The van der Waals surface area contributed by atoms with Crippen molar-refractivity contribution in [3.8, 4) is 0 Å². The number of halogens is 1. The number of hydrogen-bond donors (Lipinski definition) is 1. The van der Waals surface area contributed by atoms with Crippen molar-refractivity contribution in [3.63, 3.8) is 0 Å². The van der Waals surface area contributed by atoms with Gasteiger partial charge in [-0.05, 0) is 35.0 Å². The lowest BCUT2D eigenvalue weighted by Crippen LogP contribution is -1.97. The van der Waals surface area contributed by atoms with Crippen LogP contribution >= 0.6 is 15.9 Å². The minimum Gasteiger partial charge on any atom is -0.383 e. The normalized spacial score (nSPS) is 9.40. The van der Waals surface area contributed by atoms with Crippen molar-refractivity contribution in [3.05, 3.63) is 22.9 Å². The molecule has 0 radical (unpaired) electrons. The van der Waals surface area contributed by atoms with Crippen LogP contribution in [0.3, 0.4) is 0 Å². The second kappa shape index (κ2) is 3.56. The van der Waals surface area contributed by atoms with Crippen LogP contribution in [0, 0.1) is 0 Å². The average Bonchev–Trinajstić information content (AvgIpc) is 1.94. The van der Waals surface area contributed by atoms with Gasteiger partial charge in [-0.3, -0.25) is 0 Å². The highest BCUT2D eigenvalue weighted by Gasteiger charge is 1.94. The molecule has 0 saturated carbocycles. The third-order valence-corrected chi connectivity index (χ3v) is 1.76. The summed E-state index contributed by atoms with van der Waals surface area (Å²) < 4.78 is 0.872. The van der Waals surface area contributed by atoms with Crippen molar-refractivity contribution in [2.45, 2.75) is 6.92 Å². The van der Waals surface area contributed by atoms with Crippen molar-refractivity contribution >= 4 is 21.6 Å². The third-order valence-electron chi connectivity index (χ3n) is 1.13. The molecule has 1 rings (SSSR count). The summed E-state index contributed by atoms with van der Waals surface area (Å²) in [5, 5.41) is 3.17. The molecule has 1 aromatic heterocycles. The molecule has 0 bridgehead atoms. The zero-order valence-electron chi connectivity index (χ0n) is 5.76. The van der Waals surface area contributed by atoms with Gasteiger partial charge in [0.25, 0.3) is 0 Å². The molecule has 0 aliphatic heterocycles. The van der Waals surface area contributed by atoms with Gasteiger partial charge in [-0.1, -0.05) is 0 Å². The Morgan fingerprint density at radius 3 is 3.10 bits per heavy atom. The van der Waals surface area contributed by atoms with Crippen LogP contribution in [0.15, 0.2) is 22.9 Å². The van der Waals surface area contributed by atoms with E-state index in [1.54, 1.807) is 6.20 Å². The summed E-state index contributed by atoms with van der Waals surface area (Å²) in [4.78, 5) is 4.05. The first-order chi connectivity index (χ1) is 4.84. The number of pyridine rings is 1. The molecule has 0 fully saturated rings. The summed E-state index contributed by atoms with van der Waals surface area (Å²) in [7, 11) is 0. The maximum atomic E-state index is 4.05. The van der Waals surface area contributed by atoms with Crippen LogP contribution in [0.5, 0.6) is 0 Å². The Labute approximate surface area is 68.8 Å². The molecule has 54 valence electrons. The number of nitrogens with one attached hydrogen (secondary N) is 1. The number of rotatable bonds is 2. The van der Waals surface area contributed by atoms with E-state index in [0.717, 1.165) is 16.8 Å². The highest BCUT2D eigenvalue weighted by Crippen LogP contribution is 2.17. The van der Waals surface area contributed by atoms with Crippen LogP contribution in [-0.2, 0) is 0 Å². The number of aromatic nitrogens is 1. The standard InChI is InChI=1S/C7H9BrN2/c1-2-9-6-4-3-5-10-7(6)8/h3-5,9H,2H2,1H3. The summed E-state index contributed by atoms with van der Waals surface area (Å²) >= 11 is 3.32. The van der Waals surface area contributed by atoms with E-state index in [2.05, 4.69) is 33.2 Å². The third kappa shape index (κ3) is 1.70. The van der Waals surface area contributed by atoms with E-state index in [9.17, 15) is 0 Å². The molecule has 0 amide bonds. The first kappa shape index (κ1) is 7.54. The Morgan fingerprint density at radius 1 is 1.70 bits per heavy atom. The molecule has 1 heterocycles. The number of nitrogens with zero attached hydrogens (tertiary/aromatic N) is 1. The molecule has 0 unspecified atom stereocenters. The Hall–Kier alpha value is -0.570. The van der Waals surface area contributed by atoms with Gasteiger partial charge in [0.1, 0.15) is 4.60 Å². The maximum absolute atomic E-state index is 4.05. The molecule has 10 heavy (non-hydrogen) atoms. The van der Waals surface area contributed by atoms with Crippen molar-refractivity contribution in [2.24, 2.45) is 0 Å². The van der Waals surface area contributed by atoms with E-state index in [4.69, 9.17) is 0 Å². The van der Waals surface area contributed by atoms with E-state index >= 15 is 0 Å². The molecule has 0 spiro atoms. The van der Waals surface area contributed by atoms with Gasteiger partial charge in [-0.25, -0.2) is 4.98 Å². The SMILES string of the molecule is CCNc1cccnc1Br. The monoisotopic (exact) mass is 200 g/mol. The first-order valence-electron chi connectivity index (χ1n) is 3.19. The van der Waals surface area contributed by atoms with E-state index in [0.29, 0.717) is 0 Å². The quantitative estimate of drug-likeness (QED) is 0.742. The Bertz CT molecular complexity index is 213. The highest BCUT2D eigenvalue weighted by molar-refractivity contribution is 9.10. The Kier molecular flexibility index (Phi) is 2.68. The zero-order valence-corrected chi connectivity index (χ0v) is 7.35. The molecule has 1 aromatic rings. The fraction of sp³-hybridized carbons (Fsp3) is 0.286. The Balaban J connectivity index is 2.81. The minimum absolute atomic E-state index is 0.872. The maximum Gasteiger partial charge on any atom is 0.129 e.